The lowest BCUT2D eigenvalue weighted by Crippen LogP contribution is -2.22. The Hall–Kier alpha value is -2.93. The average Bonchev–Trinajstić information content (AvgIpc) is 2.67. The first kappa shape index (κ1) is 19.8. The zero-order valence-corrected chi connectivity index (χ0v) is 16.7. The van der Waals surface area contributed by atoms with E-state index in [2.05, 4.69) is 9.83 Å². The number of benzene rings is 2. The fourth-order valence-electron chi connectivity index (χ4n) is 2.65. The third-order valence-corrected chi connectivity index (χ3v) is 5.67. The quantitative estimate of drug-likeness (QED) is 0.403. The molecule has 142 valence electrons. The Morgan fingerprint density at radius 2 is 1.71 bits per heavy atom. The molecule has 2 aromatic carbocycles. The van der Waals surface area contributed by atoms with Crippen LogP contribution in [0.2, 0.25) is 0 Å². The number of nitrogens with zero attached hydrogens (tertiary/aromatic N) is 3. The molecule has 0 aliphatic carbocycles. The van der Waals surface area contributed by atoms with Gasteiger partial charge in [0.1, 0.15) is 10.9 Å². The van der Waals surface area contributed by atoms with Crippen molar-refractivity contribution in [2.75, 3.05) is 6.26 Å². The van der Waals surface area contributed by atoms with Crippen LogP contribution in [0, 0.1) is 13.5 Å². The summed E-state index contributed by atoms with van der Waals surface area (Å²) in [5, 5.41) is 5.47. The Balaban J connectivity index is 2.33. The van der Waals surface area contributed by atoms with E-state index in [1.807, 2.05) is 19.1 Å². The van der Waals surface area contributed by atoms with E-state index in [1.165, 1.54) is 40.6 Å². The molecule has 0 radical (unpaired) electrons. The fourth-order valence-corrected chi connectivity index (χ4v) is 3.67. The number of sulfonamides is 1. The number of aryl methyl sites for hydroxylation is 1. The van der Waals surface area contributed by atoms with Gasteiger partial charge >= 0.3 is 0 Å². The van der Waals surface area contributed by atoms with Gasteiger partial charge in [-0.1, -0.05) is 17.7 Å². The second-order valence-electron chi connectivity index (χ2n) is 5.95. The second kappa shape index (κ2) is 7.59. The van der Waals surface area contributed by atoms with Crippen LogP contribution in [0.4, 0.5) is 5.69 Å². The zero-order chi connectivity index (χ0) is 20.5. The van der Waals surface area contributed by atoms with Gasteiger partial charge in [0.25, 0.3) is 11.2 Å². The van der Waals surface area contributed by atoms with E-state index in [4.69, 9.17) is 11.7 Å². The first-order valence-electron chi connectivity index (χ1n) is 8.05. The van der Waals surface area contributed by atoms with Crippen molar-refractivity contribution in [2.45, 2.75) is 16.8 Å². The highest BCUT2D eigenvalue weighted by Gasteiger charge is 2.19. The van der Waals surface area contributed by atoms with Crippen LogP contribution < -0.4 is 10.7 Å². The molecule has 3 aromatic rings. The van der Waals surface area contributed by atoms with Crippen LogP contribution in [0.15, 0.2) is 63.2 Å². The van der Waals surface area contributed by atoms with Gasteiger partial charge in [-0.3, -0.25) is 9.36 Å². The van der Waals surface area contributed by atoms with Crippen molar-refractivity contribution in [1.29, 1.82) is 0 Å². The van der Waals surface area contributed by atoms with Crippen molar-refractivity contribution in [3.05, 3.63) is 75.9 Å². The van der Waals surface area contributed by atoms with Crippen LogP contribution in [-0.2, 0) is 10.0 Å². The largest absolute Gasteiger partial charge is 0.282 e. The van der Waals surface area contributed by atoms with Gasteiger partial charge in [-0.25, -0.2) is 23.4 Å². The molecule has 0 unspecified atom stereocenters. The number of hydrogen-bond acceptors (Lipinski definition) is 5. The number of hydrogen-bond donors (Lipinski definition) is 1. The summed E-state index contributed by atoms with van der Waals surface area (Å²) in [6.45, 7) is 9.30. The van der Waals surface area contributed by atoms with E-state index in [-0.39, 0.29) is 10.6 Å². The smallest absolute Gasteiger partial charge is 0.282 e. The minimum atomic E-state index is -3.83. The maximum Gasteiger partial charge on any atom is 0.282 e. The van der Waals surface area contributed by atoms with Crippen LogP contribution in [0.3, 0.4) is 0 Å². The molecule has 0 atom stereocenters. The van der Waals surface area contributed by atoms with E-state index in [0.717, 1.165) is 5.56 Å². The highest BCUT2D eigenvalue weighted by atomic mass is 32.2. The van der Waals surface area contributed by atoms with E-state index >= 15 is 0 Å². The Morgan fingerprint density at radius 3 is 2.21 bits per heavy atom. The highest BCUT2D eigenvalue weighted by Crippen LogP contribution is 2.28. The number of thioether (sulfide) groups is 1. The van der Waals surface area contributed by atoms with E-state index < -0.39 is 15.6 Å². The maximum atomic E-state index is 13.1. The second-order valence-corrected chi connectivity index (χ2v) is 8.31. The normalized spacial score (nSPS) is 11.2. The van der Waals surface area contributed by atoms with Crippen LogP contribution >= 0.6 is 11.8 Å². The molecular weight excluding hydrogens is 396 g/mol. The molecule has 0 aliphatic heterocycles. The highest BCUT2D eigenvalue weighted by molar-refractivity contribution is 7.98. The van der Waals surface area contributed by atoms with Crippen molar-refractivity contribution < 1.29 is 8.42 Å². The van der Waals surface area contributed by atoms with E-state index in [9.17, 15) is 13.2 Å². The monoisotopic (exact) mass is 412 g/mol. The van der Waals surface area contributed by atoms with Gasteiger partial charge in [0, 0.05) is 11.3 Å². The molecule has 1 aromatic heterocycles. The third kappa shape index (κ3) is 3.71. The molecule has 0 spiro atoms. The van der Waals surface area contributed by atoms with Crippen molar-refractivity contribution in [2.24, 2.45) is 5.14 Å². The molecule has 3 rings (SSSR count). The summed E-state index contributed by atoms with van der Waals surface area (Å²) in [4.78, 5) is 20.9. The molecule has 7 nitrogen and oxygen atoms in total. The number of aromatic nitrogens is 2. The Kier molecular flexibility index (Phi) is 5.38. The Bertz CT molecular complexity index is 1240. The topological polar surface area (TPSA) is 99.4 Å². The van der Waals surface area contributed by atoms with Crippen molar-refractivity contribution >= 4 is 27.5 Å². The lowest BCUT2D eigenvalue weighted by Gasteiger charge is -2.15. The molecule has 0 saturated carbocycles. The van der Waals surface area contributed by atoms with Crippen LogP contribution in [0.1, 0.15) is 5.56 Å². The predicted molar refractivity (Wildman–Crippen MR) is 109 cm³/mol. The Labute approximate surface area is 166 Å². The zero-order valence-electron chi connectivity index (χ0n) is 15.1. The van der Waals surface area contributed by atoms with Gasteiger partial charge in [0.05, 0.1) is 11.5 Å². The average molecular weight is 412 g/mol. The first-order valence-corrected chi connectivity index (χ1v) is 10.8. The molecule has 28 heavy (non-hydrogen) atoms. The minimum absolute atomic E-state index is 0.0386. The van der Waals surface area contributed by atoms with Crippen molar-refractivity contribution in [1.82, 2.24) is 9.55 Å². The molecule has 9 heteroatoms. The Morgan fingerprint density at radius 1 is 1.11 bits per heavy atom. The lowest BCUT2D eigenvalue weighted by atomic mass is 10.2. The van der Waals surface area contributed by atoms with Crippen molar-refractivity contribution in [3.63, 3.8) is 0 Å². The van der Waals surface area contributed by atoms with Gasteiger partial charge in [0.15, 0.2) is 0 Å². The third-order valence-electron chi connectivity index (χ3n) is 4.07. The van der Waals surface area contributed by atoms with Gasteiger partial charge < -0.3 is 0 Å². The summed E-state index contributed by atoms with van der Waals surface area (Å²) in [5.74, 6) is 0.312. The summed E-state index contributed by atoms with van der Waals surface area (Å²) in [7, 11) is -3.83. The van der Waals surface area contributed by atoms with Crippen LogP contribution in [-0.4, -0.2) is 24.2 Å². The molecule has 0 aliphatic rings. The minimum Gasteiger partial charge on any atom is -0.282 e. The van der Waals surface area contributed by atoms with E-state index in [1.54, 1.807) is 18.4 Å². The summed E-state index contributed by atoms with van der Waals surface area (Å²) >= 11 is 1.20. The first-order chi connectivity index (χ1) is 13.3. The van der Waals surface area contributed by atoms with Gasteiger partial charge in [0.2, 0.25) is 10.0 Å². The molecule has 0 bridgehead atoms. The van der Waals surface area contributed by atoms with Gasteiger partial charge in [-0.05, 0) is 49.6 Å². The predicted octanol–water partition coefficient (Wildman–Crippen LogP) is 3.13. The summed E-state index contributed by atoms with van der Waals surface area (Å²) in [6, 6.07) is 13.0. The number of rotatable bonds is 4. The van der Waals surface area contributed by atoms with Crippen molar-refractivity contribution in [3.8, 4) is 17.1 Å². The lowest BCUT2D eigenvalue weighted by molar-refractivity contribution is 0.598. The molecular formula is C19H16N4O3S2. The molecule has 2 N–H and O–H groups in total. The van der Waals surface area contributed by atoms with Gasteiger partial charge in [-0.2, -0.15) is 0 Å². The van der Waals surface area contributed by atoms with E-state index in [0.29, 0.717) is 22.1 Å². The molecule has 1 heterocycles. The standard InChI is InChI=1S/C19H16N4O3S2/c1-12-4-8-14(9-5-12)23-17(22-18(27-3)16(21-2)19(23)24)13-6-10-15(11-7-13)28(20,25)26/h4-11H,1,3H3,(H2,20,25,26). The summed E-state index contributed by atoms with van der Waals surface area (Å²) < 4.78 is 24.4. The number of primary sulfonamides is 1. The van der Waals surface area contributed by atoms with Crippen LogP contribution in [0.5, 0.6) is 0 Å². The fraction of sp³-hybridized carbons (Fsp3) is 0.105. The SMILES string of the molecule is [C-]#[N+]c1c(SC)nc(-c2ccc(S(N)(=O)=O)cc2)n(-c2ccc(C)cc2)c1=O. The molecule has 0 saturated heterocycles. The number of nitrogens with two attached hydrogens (primary N) is 1. The molecule has 0 amide bonds. The maximum absolute atomic E-state index is 13.1. The summed E-state index contributed by atoms with van der Waals surface area (Å²) in [6.07, 6.45) is 1.74. The van der Waals surface area contributed by atoms with Gasteiger partial charge in [-0.15, -0.1) is 11.8 Å². The summed E-state index contributed by atoms with van der Waals surface area (Å²) in [5.41, 5.74) is 1.57. The van der Waals surface area contributed by atoms with Crippen LogP contribution in [0.25, 0.3) is 21.9 Å². The molecule has 0 fully saturated rings.